The quantitative estimate of drug-likeness (QED) is 0.799. The summed E-state index contributed by atoms with van der Waals surface area (Å²) in [7, 11) is 1.70. The van der Waals surface area contributed by atoms with Crippen LogP contribution in [0.5, 0.6) is 5.75 Å². The Kier molecular flexibility index (Phi) is 5.33. The summed E-state index contributed by atoms with van der Waals surface area (Å²) >= 11 is 5.98. The molecule has 0 aliphatic heterocycles. The first-order valence-corrected chi connectivity index (χ1v) is 7.29. The van der Waals surface area contributed by atoms with Crippen LogP contribution in [-0.4, -0.2) is 25.6 Å². The van der Waals surface area contributed by atoms with Crippen LogP contribution in [-0.2, 0) is 6.42 Å². The average Bonchev–Trinajstić information content (AvgIpc) is 2.87. The van der Waals surface area contributed by atoms with Gasteiger partial charge in [0.15, 0.2) is 0 Å². The van der Waals surface area contributed by atoms with Gasteiger partial charge in [-0.3, -0.25) is 0 Å². The highest BCUT2D eigenvalue weighted by Gasteiger charge is 2.25. The molecule has 0 radical (unpaired) electrons. The number of halogens is 1. The lowest BCUT2D eigenvalue weighted by Gasteiger charge is -2.18. The summed E-state index contributed by atoms with van der Waals surface area (Å²) in [5.41, 5.74) is 1.35. The highest BCUT2D eigenvalue weighted by molar-refractivity contribution is 6.18. The second-order valence-corrected chi connectivity index (χ2v) is 5.31. The minimum Gasteiger partial charge on any atom is -0.497 e. The smallest absolute Gasteiger partial charge is 0.118 e. The zero-order chi connectivity index (χ0) is 12.8. The topological polar surface area (TPSA) is 21.3 Å². The molecule has 18 heavy (non-hydrogen) atoms. The van der Waals surface area contributed by atoms with Gasteiger partial charge in [0.1, 0.15) is 5.75 Å². The van der Waals surface area contributed by atoms with Crippen LogP contribution in [0.25, 0.3) is 0 Å². The van der Waals surface area contributed by atoms with E-state index in [-0.39, 0.29) is 0 Å². The summed E-state index contributed by atoms with van der Waals surface area (Å²) < 4.78 is 5.15. The van der Waals surface area contributed by atoms with Crippen LogP contribution >= 0.6 is 11.6 Å². The molecule has 0 saturated heterocycles. The lowest BCUT2D eigenvalue weighted by molar-refractivity contribution is 0.414. The zero-order valence-corrected chi connectivity index (χ0v) is 11.7. The number of rotatable bonds is 6. The normalized spacial score (nSPS) is 23.2. The summed E-state index contributed by atoms with van der Waals surface area (Å²) in [6.45, 7) is 1.03. The molecule has 100 valence electrons. The van der Waals surface area contributed by atoms with E-state index in [4.69, 9.17) is 16.3 Å². The second-order valence-electron chi connectivity index (χ2n) is 5.00. The van der Waals surface area contributed by atoms with E-state index in [1.165, 1.54) is 24.8 Å². The molecule has 1 aliphatic carbocycles. The van der Waals surface area contributed by atoms with E-state index >= 15 is 0 Å². The molecule has 2 atom stereocenters. The van der Waals surface area contributed by atoms with Crippen LogP contribution in [0.4, 0.5) is 0 Å². The first kappa shape index (κ1) is 13.7. The molecule has 1 aliphatic rings. The van der Waals surface area contributed by atoms with Gasteiger partial charge in [-0.15, -0.1) is 11.6 Å². The fourth-order valence-electron chi connectivity index (χ4n) is 2.68. The summed E-state index contributed by atoms with van der Waals surface area (Å²) in [5.74, 6) is 2.38. The van der Waals surface area contributed by atoms with E-state index in [1.54, 1.807) is 7.11 Å². The van der Waals surface area contributed by atoms with Crippen LogP contribution < -0.4 is 10.1 Å². The summed E-state index contributed by atoms with van der Waals surface area (Å²) in [4.78, 5) is 0. The summed E-state index contributed by atoms with van der Waals surface area (Å²) in [5, 5.41) is 3.64. The van der Waals surface area contributed by atoms with Crippen molar-refractivity contribution in [3.05, 3.63) is 29.8 Å². The van der Waals surface area contributed by atoms with Crippen LogP contribution in [0.1, 0.15) is 24.8 Å². The predicted octanol–water partition coefficient (Wildman–Crippen LogP) is 3.23. The molecule has 2 rings (SSSR count). The Hall–Kier alpha value is -0.730. The van der Waals surface area contributed by atoms with Gasteiger partial charge in [0.25, 0.3) is 0 Å². The molecule has 2 unspecified atom stereocenters. The molecule has 1 fully saturated rings. The van der Waals surface area contributed by atoms with Crippen LogP contribution in [0.2, 0.25) is 0 Å². The highest BCUT2D eigenvalue weighted by Crippen LogP contribution is 2.26. The Morgan fingerprint density at radius 2 is 2.06 bits per heavy atom. The van der Waals surface area contributed by atoms with E-state index in [1.807, 2.05) is 12.1 Å². The molecular weight excluding hydrogens is 246 g/mol. The van der Waals surface area contributed by atoms with Crippen molar-refractivity contribution in [2.75, 3.05) is 19.5 Å². The number of ether oxygens (including phenoxy) is 1. The van der Waals surface area contributed by atoms with E-state index in [9.17, 15) is 0 Å². The number of methoxy groups -OCH3 is 1. The monoisotopic (exact) mass is 267 g/mol. The standard InChI is InChI=1S/C15H22ClNO/c1-18-14-7-5-12(6-8-14)9-10-17-15-4-2-3-13(15)11-16/h5-8,13,15,17H,2-4,9-11H2,1H3. The Labute approximate surface area is 115 Å². The van der Waals surface area contributed by atoms with Gasteiger partial charge < -0.3 is 10.1 Å². The van der Waals surface area contributed by atoms with Crippen molar-refractivity contribution in [3.8, 4) is 5.75 Å². The average molecular weight is 268 g/mol. The minimum absolute atomic E-state index is 0.626. The molecule has 0 spiro atoms. The third-order valence-electron chi connectivity index (χ3n) is 3.84. The van der Waals surface area contributed by atoms with Crippen molar-refractivity contribution in [1.82, 2.24) is 5.32 Å². The molecule has 1 N–H and O–H groups in total. The van der Waals surface area contributed by atoms with E-state index in [2.05, 4.69) is 17.4 Å². The number of hydrogen-bond acceptors (Lipinski definition) is 2. The fraction of sp³-hybridized carbons (Fsp3) is 0.600. The third kappa shape index (κ3) is 3.63. The minimum atomic E-state index is 0.626. The Balaban J connectivity index is 1.74. The van der Waals surface area contributed by atoms with Crippen LogP contribution in [0, 0.1) is 5.92 Å². The van der Waals surface area contributed by atoms with E-state index < -0.39 is 0 Å². The van der Waals surface area contributed by atoms with Gasteiger partial charge in [-0.2, -0.15) is 0 Å². The van der Waals surface area contributed by atoms with Gasteiger partial charge in [-0.1, -0.05) is 18.6 Å². The Morgan fingerprint density at radius 1 is 1.28 bits per heavy atom. The Bertz CT molecular complexity index is 352. The van der Waals surface area contributed by atoms with Crippen molar-refractivity contribution in [2.24, 2.45) is 5.92 Å². The van der Waals surface area contributed by atoms with Gasteiger partial charge >= 0.3 is 0 Å². The highest BCUT2D eigenvalue weighted by atomic mass is 35.5. The molecule has 0 bridgehead atoms. The van der Waals surface area contributed by atoms with Gasteiger partial charge in [-0.25, -0.2) is 0 Å². The molecule has 1 aromatic rings. The lowest BCUT2D eigenvalue weighted by atomic mass is 10.1. The number of alkyl halides is 1. The number of hydrogen-bond donors (Lipinski definition) is 1. The van der Waals surface area contributed by atoms with Gasteiger partial charge in [-0.05, 0) is 49.4 Å². The molecule has 1 aromatic carbocycles. The molecule has 3 heteroatoms. The molecule has 0 aromatic heterocycles. The molecular formula is C15H22ClNO. The van der Waals surface area contributed by atoms with Gasteiger partial charge in [0.2, 0.25) is 0 Å². The Morgan fingerprint density at radius 3 is 2.72 bits per heavy atom. The molecule has 0 amide bonds. The van der Waals surface area contributed by atoms with Crippen LogP contribution in [0.15, 0.2) is 24.3 Å². The largest absolute Gasteiger partial charge is 0.497 e. The summed E-state index contributed by atoms with van der Waals surface area (Å²) in [6, 6.07) is 8.93. The van der Waals surface area contributed by atoms with Crippen LogP contribution in [0.3, 0.4) is 0 Å². The van der Waals surface area contributed by atoms with Crippen molar-refractivity contribution in [1.29, 1.82) is 0 Å². The maximum Gasteiger partial charge on any atom is 0.118 e. The molecule has 2 nitrogen and oxygen atoms in total. The van der Waals surface area contributed by atoms with Gasteiger partial charge in [0.05, 0.1) is 7.11 Å². The first-order chi connectivity index (χ1) is 8.83. The molecule has 1 saturated carbocycles. The van der Waals surface area contributed by atoms with Crippen molar-refractivity contribution in [2.45, 2.75) is 31.7 Å². The maximum absolute atomic E-state index is 5.98. The summed E-state index contributed by atoms with van der Waals surface area (Å²) in [6.07, 6.45) is 4.94. The maximum atomic E-state index is 5.98. The zero-order valence-electron chi connectivity index (χ0n) is 11.0. The first-order valence-electron chi connectivity index (χ1n) is 6.75. The second kappa shape index (κ2) is 7.01. The fourth-order valence-corrected chi connectivity index (χ4v) is 3.05. The van der Waals surface area contributed by atoms with Crippen molar-refractivity contribution < 1.29 is 4.74 Å². The third-order valence-corrected chi connectivity index (χ3v) is 4.23. The number of benzene rings is 1. The van der Waals surface area contributed by atoms with Crippen molar-refractivity contribution in [3.63, 3.8) is 0 Å². The number of nitrogens with one attached hydrogen (secondary N) is 1. The van der Waals surface area contributed by atoms with E-state index in [0.29, 0.717) is 12.0 Å². The van der Waals surface area contributed by atoms with Gasteiger partial charge in [0, 0.05) is 11.9 Å². The van der Waals surface area contributed by atoms with Crippen molar-refractivity contribution >= 4 is 11.6 Å². The van der Waals surface area contributed by atoms with E-state index in [0.717, 1.165) is 24.6 Å². The molecule has 0 heterocycles. The lowest BCUT2D eigenvalue weighted by Crippen LogP contribution is -2.34. The SMILES string of the molecule is COc1ccc(CCNC2CCCC2CCl)cc1. The predicted molar refractivity (Wildman–Crippen MR) is 76.5 cm³/mol.